The predicted molar refractivity (Wildman–Crippen MR) is 105 cm³/mol. The molecule has 0 saturated carbocycles. The molecule has 1 aliphatic heterocycles. The normalized spacial score (nSPS) is 17.2. The third-order valence-corrected chi connectivity index (χ3v) is 9.47. The van der Waals surface area contributed by atoms with Gasteiger partial charge in [0.25, 0.3) is 0 Å². The number of ether oxygens (including phenoxy) is 1. The van der Waals surface area contributed by atoms with Crippen molar-refractivity contribution in [2.75, 3.05) is 0 Å². The van der Waals surface area contributed by atoms with Crippen LogP contribution in [0.15, 0.2) is 91.0 Å². The van der Waals surface area contributed by atoms with E-state index in [2.05, 4.69) is 36.4 Å². The average molecular weight is 361 g/mol. The third kappa shape index (κ3) is 2.65. The van der Waals surface area contributed by atoms with Crippen LogP contribution in [0, 0.1) is 0 Å². The molecule has 3 aromatic carbocycles. The van der Waals surface area contributed by atoms with E-state index in [9.17, 15) is 9.59 Å². The Morgan fingerprint density at radius 3 is 1.35 bits per heavy atom. The smallest absolute Gasteiger partial charge is 0.356 e. The van der Waals surface area contributed by atoms with Gasteiger partial charge in [-0.25, -0.2) is 4.79 Å². The van der Waals surface area contributed by atoms with Gasteiger partial charge in [0.1, 0.15) is 23.2 Å². The molecule has 4 heteroatoms. The van der Waals surface area contributed by atoms with E-state index in [1.807, 2.05) is 54.6 Å². The summed E-state index contributed by atoms with van der Waals surface area (Å²) in [6, 6.07) is 30.2. The first kappa shape index (κ1) is 16.7. The van der Waals surface area contributed by atoms with Gasteiger partial charge in [0.05, 0.1) is 6.42 Å². The molecule has 1 aliphatic rings. The summed E-state index contributed by atoms with van der Waals surface area (Å²) in [4.78, 5) is 24.7. The van der Waals surface area contributed by atoms with E-state index >= 15 is 0 Å². The summed E-state index contributed by atoms with van der Waals surface area (Å²) >= 11 is 0. The van der Waals surface area contributed by atoms with E-state index in [4.69, 9.17) is 4.74 Å². The van der Waals surface area contributed by atoms with Crippen LogP contribution in [-0.2, 0) is 14.3 Å². The Balaban J connectivity index is 2.07. The maximum Gasteiger partial charge on any atom is 0.356 e. The van der Waals surface area contributed by atoms with Crippen LogP contribution in [0.4, 0.5) is 0 Å². The number of carbonyl (C=O) groups excluding carboxylic acids is 2. The van der Waals surface area contributed by atoms with E-state index in [1.165, 1.54) is 0 Å². The number of cyclic esters (lactones) is 2. The van der Waals surface area contributed by atoms with Gasteiger partial charge in [-0.1, -0.05) is 54.6 Å². The molecule has 1 unspecified atom stereocenters. The highest BCUT2D eigenvalue weighted by molar-refractivity contribution is 7.96. The van der Waals surface area contributed by atoms with Crippen LogP contribution in [0.2, 0.25) is 0 Å². The zero-order valence-electron chi connectivity index (χ0n) is 14.1. The topological polar surface area (TPSA) is 43.4 Å². The van der Waals surface area contributed by atoms with Crippen LogP contribution in [-0.4, -0.2) is 17.6 Å². The van der Waals surface area contributed by atoms with Crippen molar-refractivity contribution >= 4 is 35.1 Å². The minimum absolute atomic E-state index is 0.116. The van der Waals surface area contributed by atoms with E-state index in [1.54, 1.807) is 0 Å². The van der Waals surface area contributed by atoms with Crippen LogP contribution >= 0.6 is 7.26 Å². The lowest BCUT2D eigenvalue weighted by atomic mass is 10.3. The summed E-state index contributed by atoms with van der Waals surface area (Å²) in [6.07, 6.45) is 0.116. The summed E-state index contributed by atoms with van der Waals surface area (Å²) < 4.78 is 4.99. The second-order valence-corrected chi connectivity index (χ2v) is 9.86. The molecular formula is C22H18O3P+. The van der Waals surface area contributed by atoms with Gasteiger partial charge in [-0.2, -0.15) is 0 Å². The molecule has 0 N–H and O–H groups in total. The van der Waals surface area contributed by atoms with E-state index < -0.39 is 24.9 Å². The molecule has 4 rings (SSSR count). The molecule has 128 valence electrons. The number of esters is 2. The molecule has 0 aromatic heterocycles. The molecule has 0 spiro atoms. The van der Waals surface area contributed by atoms with Crippen molar-refractivity contribution in [3.63, 3.8) is 0 Å². The van der Waals surface area contributed by atoms with E-state index in [-0.39, 0.29) is 6.42 Å². The summed E-state index contributed by atoms with van der Waals surface area (Å²) in [5.74, 6) is -0.855. The fraction of sp³-hybridized carbons (Fsp3) is 0.0909. The second-order valence-electron chi connectivity index (χ2n) is 6.24. The fourth-order valence-corrected chi connectivity index (χ4v) is 8.43. The van der Waals surface area contributed by atoms with Crippen molar-refractivity contribution in [3.05, 3.63) is 91.0 Å². The van der Waals surface area contributed by atoms with Crippen molar-refractivity contribution in [1.82, 2.24) is 0 Å². The van der Waals surface area contributed by atoms with Gasteiger partial charge in [-0.05, 0) is 36.4 Å². The number of benzene rings is 3. The molecule has 0 aliphatic carbocycles. The van der Waals surface area contributed by atoms with Crippen molar-refractivity contribution in [1.29, 1.82) is 0 Å². The first-order chi connectivity index (χ1) is 12.7. The van der Waals surface area contributed by atoms with Crippen LogP contribution in [0.3, 0.4) is 0 Å². The molecule has 3 aromatic rings. The van der Waals surface area contributed by atoms with Gasteiger partial charge in [-0.3, -0.25) is 4.79 Å². The average Bonchev–Trinajstić information content (AvgIpc) is 3.03. The summed E-state index contributed by atoms with van der Waals surface area (Å²) in [7, 11) is -2.39. The SMILES string of the molecule is O=C1CC([P+](c2ccccc2)(c2ccccc2)c2ccccc2)C(=O)O1. The van der Waals surface area contributed by atoms with Gasteiger partial charge in [0.15, 0.2) is 5.66 Å². The first-order valence-corrected chi connectivity index (χ1v) is 10.4. The molecule has 3 nitrogen and oxygen atoms in total. The van der Waals surface area contributed by atoms with Crippen molar-refractivity contribution < 1.29 is 14.3 Å². The Morgan fingerprint density at radius 2 is 1.04 bits per heavy atom. The van der Waals surface area contributed by atoms with Gasteiger partial charge < -0.3 is 4.74 Å². The van der Waals surface area contributed by atoms with E-state index in [0.29, 0.717) is 0 Å². The quantitative estimate of drug-likeness (QED) is 0.408. The Hall–Kier alpha value is -2.77. The number of carbonyl (C=O) groups is 2. The van der Waals surface area contributed by atoms with Crippen LogP contribution < -0.4 is 15.9 Å². The van der Waals surface area contributed by atoms with Crippen LogP contribution in [0.25, 0.3) is 0 Å². The molecule has 1 heterocycles. The van der Waals surface area contributed by atoms with E-state index in [0.717, 1.165) is 15.9 Å². The van der Waals surface area contributed by atoms with Crippen molar-refractivity contribution in [3.8, 4) is 0 Å². The monoisotopic (exact) mass is 361 g/mol. The summed E-state index contributed by atoms with van der Waals surface area (Å²) in [6.45, 7) is 0. The molecule has 26 heavy (non-hydrogen) atoms. The van der Waals surface area contributed by atoms with Gasteiger partial charge in [0.2, 0.25) is 0 Å². The third-order valence-electron chi connectivity index (χ3n) is 4.80. The van der Waals surface area contributed by atoms with Crippen molar-refractivity contribution in [2.24, 2.45) is 0 Å². The number of hydrogen-bond acceptors (Lipinski definition) is 3. The highest BCUT2D eigenvalue weighted by atomic mass is 31.2. The highest BCUT2D eigenvalue weighted by Crippen LogP contribution is 2.62. The minimum atomic E-state index is -2.39. The maximum absolute atomic E-state index is 12.7. The first-order valence-electron chi connectivity index (χ1n) is 8.53. The summed E-state index contributed by atoms with van der Waals surface area (Å²) in [5.41, 5.74) is -0.498. The molecule has 1 atom stereocenters. The Kier molecular flexibility index (Phi) is 4.40. The number of hydrogen-bond donors (Lipinski definition) is 0. The van der Waals surface area contributed by atoms with Gasteiger partial charge in [0, 0.05) is 0 Å². The zero-order chi connectivity index (χ0) is 18.0. The largest absolute Gasteiger partial charge is 0.390 e. The molecule has 0 amide bonds. The van der Waals surface area contributed by atoms with Gasteiger partial charge >= 0.3 is 11.9 Å². The lowest BCUT2D eigenvalue weighted by Gasteiger charge is -2.30. The maximum atomic E-state index is 12.7. The Morgan fingerprint density at radius 1 is 0.654 bits per heavy atom. The standard InChI is InChI=1S/C22H18O3P/c23-21-16-20(22(24)25-21)26(17-10-4-1-5-11-17,18-12-6-2-7-13-18)19-14-8-3-9-15-19/h1-15,20H,16H2/q+1. The molecule has 1 fully saturated rings. The number of rotatable bonds is 4. The van der Waals surface area contributed by atoms with Crippen molar-refractivity contribution in [2.45, 2.75) is 12.1 Å². The minimum Gasteiger partial charge on any atom is -0.390 e. The highest BCUT2D eigenvalue weighted by Gasteiger charge is 2.60. The zero-order valence-corrected chi connectivity index (χ0v) is 15.0. The second kappa shape index (κ2) is 6.86. The van der Waals surface area contributed by atoms with Gasteiger partial charge in [-0.15, -0.1) is 0 Å². The molecule has 1 saturated heterocycles. The van der Waals surface area contributed by atoms with Crippen LogP contribution in [0.5, 0.6) is 0 Å². The lowest BCUT2D eigenvalue weighted by molar-refractivity contribution is -0.151. The fourth-order valence-electron chi connectivity index (χ4n) is 3.73. The molecule has 0 radical (unpaired) electrons. The summed E-state index contributed by atoms with van der Waals surface area (Å²) in [5, 5.41) is 3.23. The lowest BCUT2D eigenvalue weighted by Crippen LogP contribution is -2.40. The predicted octanol–water partition coefficient (Wildman–Crippen LogP) is 2.82. The molecular weight excluding hydrogens is 343 g/mol. The Labute approximate surface area is 153 Å². The molecule has 0 bridgehead atoms. The Bertz CT molecular complexity index is 827. The van der Waals surface area contributed by atoms with Crippen LogP contribution in [0.1, 0.15) is 6.42 Å².